The molecule has 0 radical (unpaired) electrons. The van der Waals surface area contributed by atoms with Crippen LogP contribution in [-0.4, -0.2) is 22.3 Å². The van der Waals surface area contributed by atoms with E-state index in [0.717, 1.165) is 16.8 Å². The second-order valence-corrected chi connectivity index (χ2v) is 4.97. The number of hydrogen-bond acceptors (Lipinski definition) is 5. The van der Waals surface area contributed by atoms with Gasteiger partial charge in [-0.2, -0.15) is 18.4 Å². The first-order chi connectivity index (χ1) is 11.7. The highest BCUT2D eigenvalue weighted by Crippen LogP contribution is 2.20. The predicted molar refractivity (Wildman–Crippen MR) is 79.2 cm³/mol. The molecule has 1 aromatic heterocycles. The number of ether oxygens (including phenoxy) is 1. The molecule has 0 unspecified atom stereocenters. The molecule has 0 amide bonds. The summed E-state index contributed by atoms with van der Waals surface area (Å²) in [6.07, 6.45) is -3.53. The Labute approximate surface area is 138 Å². The molecular weight excluding hydrogens is 343 g/mol. The fourth-order valence-corrected chi connectivity index (χ4v) is 2.01. The lowest BCUT2D eigenvalue weighted by atomic mass is 10.2. The van der Waals surface area contributed by atoms with Gasteiger partial charge in [-0.25, -0.2) is 0 Å². The number of nitriles is 1. The normalized spacial score (nSPS) is 11.0. The van der Waals surface area contributed by atoms with E-state index in [-0.39, 0.29) is 12.3 Å². The lowest BCUT2D eigenvalue weighted by Gasteiger charge is -2.11. The maximum atomic E-state index is 12.2. The van der Waals surface area contributed by atoms with Crippen molar-refractivity contribution in [1.29, 1.82) is 5.26 Å². The lowest BCUT2D eigenvalue weighted by molar-refractivity contribution is -0.385. The molecule has 25 heavy (non-hydrogen) atoms. The summed E-state index contributed by atoms with van der Waals surface area (Å²) in [6, 6.07) is 7.97. The second-order valence-electron chi connectivity index (χ2n) is 4.97. The highest BCUT2D eigenvalue weighted by molar-refractivity contribution is 5.38. The van der Waals surface area contributed by atoms with Crippen LogP contribution in [0.4, 0.5) is 18.9 Å². The molecule has 0 saturated carbocycles. The van der Waals surface area contributed by atoms with Gasteiger partial charge in [0.25, 0.3) is 11.2 Å². The summed E-state index contributed by atoms with van der Waals surface area (Å²) in [5, 5.41) is 19.8. The third-order valence-corrected chi connectivity index (χ3v) is 3.06. The molecule has 0 N–H and O–H groups in total. The minimum absolute atomic E-state index is 0.0613. The average molecular weight is 353 g/mol. The molecule has 0 spiro atoms. The molecule has 10 heteroatoms. The molecule has 0 bridgehead atoms. The van der Waals surface area contributed by atoms with Crippen LogP contribution >= 0.6 is 0 Å². The number of alkyl halides is 3. The van der Waals surface area contributed by atoms with Crippen molar-refractivity contribution >= 4 is 5.69 Å². The largest absolute Gasteiger partial charge is 0.484 e. The molecule has 2 aromatic rings. The van der Waals surface area contributed by atoms with Crippen LogP contribution in [-0.2, 0) is 6.54 Å². The van der Waals surface area contributed by atoms with E-state index in [1.54, 1.807) is 6.07 Å². The molecule has 130 valence electrons. The fourth-order valence-electron chi connectivity index (χ4n) is 2.01. The Bertz CT molecular complexity index is 900. The van der Waals surface area contributed by atoms with Gasteiger partial charge in [0.1, 0.15) is 17.4 Å². The van der Waals surface area contributed by atoms with E-state index < -0.39 is 34.5 Å². The third kappa shape index (κ3) is 4.81. The average Bonchev–Trinajstić information content (AvgIpc) is 2.54. The number of hydrogen-bond donors (Lipinski definition) is 0. The molecule has 1 heterocycles. The van der Waals surface area contributed by atoms with Gasteiger partial charge in [-0.3, -0.25) is 14.9 Å². The molecule has 0 aliphatic heterocycles. The maximum absolute atomic E-state index is 12.2. The molecule has 7 nitrogen and oxygen atoms in total. The first kappa shape index (κ1) is 18.0. The van der Waals surface area contributed by atoms with Crippen LogP contribution in [0.2, 0.25) is 0 Å². The van der Waals surface area contributed by atoms with Crippen molar-refractivity contribution in [3.05, 3.63) is 68.1 Å². The Balaban J connectivity index is 2.31. The molecule has 2 rings (SSSR count). The van der Waals surface area contributed by atoms with Gasteiger partial charge in [-0.1, -0.05) is 12.1 Å². The summed E-state index contributed by atoms with van der Waals surface area (Å²) in [6.45, 7) is -1.63. The maximum Gasteiger partial charge on any atom is 0.422 e. The summed E-state index contributed by atoms with van der Waals surface area (Å²) >= 11 is 0. The third-order valence-electron chi connectivity index (χ3n) is 3.06. The molecule has 0 fully saturated rings. The summed E-state index contributed by atoms with van der Waals surface area (Å²) in [5.74, 6) is -0.0613. The highest BCUT2D eigenvalue weighted by atomic mass is 19.4. The van der Waals surface area contributed by atoms with Gasteiger partial charge in [0.15, 0.2) is 6.61 Å². The van der Waals surface area contributed by atoms with Crippen LogP contribution in [0.1, 0.15) is 11.1 Å². The number of benzene rings is 1. The minimum Gasteiger partial charge on any atom is -0.484 e. The summed E-state index contributed by atoms with van der Waals surface area (Å²) in [4.78, 5) is 22.2. The second kappa shape index (κ2) is 7.04. The summed E-state index contributed by atoms with van der Waals surface area (Å²) in [5.41, 5.74) is -1.21. The molecule has 0 aliphatic carbocycles. The minimum atomic E-state index is -4.49. The van der Waals surface area contributed by atoms with Crippen LogP contribution in [0, 0.1) is 21.4 Å². The predicted octanol–water partition coefficient (Wildman–Crippen LogP) is 2.62. The van der Waals surface area contributed by atoms with Crippen LogP contribution in [0.5, 0.6) is 5.75 Å². The van der Waals surface area contributed by atoms with E-state index in [2.05, 4.69) is 4.74 Å². The van der Waals surface area contributed by atoms with Gasteiger partial charge in [0, 0.05) is 6.07 Å². The van der Waals surface area contributed by atoms with E-state index in [1.807, 2.05) is 0 Å². The van der Waals surface area contributed by atoms with Crippen molar-refractivity contribution in [2.24, 2.45) is 0 Å². The molecular formula is C15H10F3N3O4. The van der Waals surface area contributed by atoms with Gasteiger partial charge in [-0.15, -0.1) is 0 Å². The summed E-state index contributed by atoms with van der Waals surface area (Å²) < 4.78 is 42.1. The highest BCUT2D eigenvalue weighted by Gasteiger charge is 2.28. The Morgan fingerprint density at radius 2 is 2.04 bits per heavy atom. The summed E-state index contributed by atoms with van der Waals surface area (Å²) in [7, 11) is 0. The van der Waals surface area contributed by atoms with E-state index >= 15 is 0 Å². The van der Waals surface area contributed by atoms with E-state index in [9.17, 15) is 28.1 Å². The van der Waals surface area contributed by atoms with Crippen LogP contribution in [0.25, 0.3) is 0 Å². The van der Waals surface area contributed by atoms with Crippen LogP contribution in [0.15, 0.2) is 41.3 Å². The molecule has 0 atom stereocenters. The quantitative estimate of drug-likeness (QED) is 0.608. The van der Waals surface area contributed by atoms with E-state index in [0.29, 0.717) is 5.56 Å². The number of rotatable bonds is 5. The molecule has 1 aromatic carbocycles. The topological polar surface area (TPSA) is 98.2 Å². The van der Waals surface area contributed by atoms with Crippen LogP contribution < -0.4 is 10.3 Å². The van der Waals surface area contributed by atoms with E-state index in [4.69, 9.17) is 5.26 Å². The Hall–Kier alpha value is -3.35. The number of pyridine rings is 1. The number of nitrogens with zero attached hydrogens (tertiary/aromatic N) is 3. The van der Waals surface area contributed by atoms with Crippen molar-refractivity contribution in [3.8, 4) is 11.8 Å². The SMILES string of the molecule is N#Cc1cc([N+](=O)[O-])cn(Cc2cccc(OCC(F)(F)F)c2)c1=O. The Morgan fingerprint density at radius 3 is 2.64 bits per heavy atom. The van der Waals surface area contributed by atoms with Crippen molar-refractivity contribution in [1.82, 2.24) is 4.57 Å². The van der Waals surface area contributed by atoms with Crippen molar-refractivity contribution in [3.63, 3.8) is 0 Å². The Kier molecular flexibility index (Phi) is 5.07. The smallest absolute Gasteiger partial charge is 0.422 e. The van der Waals surface area contributed by atoms with Crippen LogP contribution in [0.3, 0.4) is 0 Å². The monoisotopic (exact) mass is 353 g/mol. The van der Waals surface area contributed by atoms with Gasteiger partial charge >= 0.3 is 6.18 Å². The molecule has 0 saturated heterocycles. The van der Waals surface area contributed by atoms with Gasteiger partial charge in [-0.05, 0) is 17.7 Å². The van der Waals surface area contributed by atoms with Gasteiger partial charge < -0.3 is 9.30 Å². The van der Waals surface area contributed by atoms with Crippen molar-refractivity contribution in [2.75, 3.05) is 6.61 Å². The Morgan fingerprint density at radius 1 is 1.32 bits per heavy atom. The zero-order chi connectivity index (χ0) is 18.6. The number of halogens is 3. The first-order valence-electron chi connectivity index (χ1n) is 6.77. The standard InChI is InChI=1S/C15H10F3N3O4/c16-15(17,18)9-25-13-3-1-2-10(4-13)7-20-8-12(21(23)24)5-11(6-19)14(20)22/h1-5,8H,7,9H2. The van der Waals surface area contributed by atoms with Crippen molar-refractivity contribution in [2.45, 2.75) is 12.7 Å². The zero-order valence-corrected chi connectivity index (χ0v) is 12.5. The lowest BCUT2D eigenvalue weighted by Crippen LogP contribution is -2.23. The fraction of sp³-hybridized carbons (Fsp3) is 0.200. The van der Waals surface area contributed by atoms with E-state index in [1.165, 1.54) is 24.3 Å². The molecule has 0 aliphatic rings. The number of nitro groups is 1. The van der Waals surface area contributed by atoms with Crippen molar-refractivity contribution < 1.29 is 22.8 Å². The first-order valence-corrected chi connectivity index (χ1v) is 6.77. The number of aromatic nitrogens is 1. The van der Waals surface area contributed by atoms with Gasteiger partial charge in [0.2, 0.25) is 0 Å². The zero-order valence-electron chi connectivity index (χ0n) is 12.5. The van der Waals surface area contributed by atoms with Gasteiger partial charge in [0.05, 0.1) is 17.7 Å².